The minimum atomic E-state index is -1.52. The van der Waals surface area contributed by atoms with Gasteiger partial charge in [0, 0.05) is 76.4 Å². The van der Waals surface area contributed by atoms with Gasteiger partial charge in [0.2, 0.25) is 5.91 Å². The average Bonchev–Trinajstić information content (AvgIpc) is 1.02. The Morgan fingerprint density at radius 1 is 0.416 bits per heavy atom. The molecular weight excluding hydrogens is 1290 g/mol. The molecule has 0 spiro atoms. The Balaban J connectivity index is 2.14. The van der Waals surface area contributed by atoms with Gasteiger partial charge in [-0.15, -0.1) is 0 Å². The van der Waals surface area contributed by atoms with Crippen LogP contribution in [0.2, 0.25) is 0 Å². The zero-order valence-corrected chi connectivity index (χ0v) is 63.8. The van der Waals surface area contributed by atoms with Crippen LogP contribution in [0.3, 0.4) is 0 Å². The maximum Gasteiger partial charge on any atom is 0.407 e. The van der Waals surface area contributed by atoms with Gasteiger partial charge in [-0.25, -0.2) is 19.2 Å². The van der Waals surface area contributed by atoms with Crippen LogP contribution in [-0.4, -0.2) is 157 Å². The highest BCUT2D eigenvalue weighted by atomic mass is 16.6. The Bertz CT molecular complexity index is 2310. The number of carbonyl (C=O) groups is 8. The predicted molar refractivity (Wildman–Crippen MR) is 400 cm³/mol. The highest BCUT2D eigenvalue weighted by Gasteiger charge is 2.28. The van der Waals surface area contributed by atoms with Crippen LogP contribution >= 0.6 is 0 Å². The lowest BCUT2D eigenvalue weighted by molar-refractivity contribution is -0.141. The van der Waals surface area contributed by atoms with Gasteiger partial charge in [-0.05, 0) is 128 Å². The Morgan fingerprint density at radius 2 is 0.871 bits per heavy atom. The zero-order valence-electron chi connectivity index (χ0n) is 63.8. The van der Waals surface area contributed by atoms with Gasteiger partial charge >= 0.3 is 30.0 Å². The Labute approximate surface area is 608 Å². The zero-order chi connectivity index (χ0) is 74.5. The number of carbonyl (C=O) groups excluding carboxylic acids is 5. The first kappa shape index (κ1) is 93.4. The first-order valence-electron chi connectivity index (χ1n) is 39.7. The number of aliphatic hydroxyl groups is 1. The van der Waals surface area contributed by atoms with Crippen molar-refractivity contribution in [2.75, 3.05) is 65.8 Å². The number of alkyl carbamates (subject to hydrolysis) is 1. The standard InChI is InChI=1S/C79H142N6O16/c1-7-10-12-30-41-65(64(40-11-8-2)42-31-25-21-17-14-13-15-19-23-27-37-58-86)43-32-26-22-18-16-20-24-28-38-59-98-60-39-61-99-77(97)83-55-35-29-33-45-70(87)80-56-52-78(4,5)100-62-53-79(6,9-3)101-63-57-82-73(91)67-48-46-66(47-49-67)72(90)81-54-36-34-44-68(74(92)93)84-76(96)85-69(75(94)95)50-51-71(88)89/h46-49,64-65,68-69,86H,7-45,50-63H2,1-6H3,(H,80,87)(H,81,90)(H,82,91)(H,83,97)(H,88,89)(H,92,93)(H,94,95)(H2,84,85,96). The average molecular weight is 1430 g/mol. The van der Waals surface area contributed by atoms with Crippen LogP contribution in [0.4, 0.5) is 9.59 Å². The van der Waals surface area contributed by atoms with E-state index in [2.05, 4.69) is 45.7 Å². The maximum absolute atomic E-state index is 12.9. The molecule has 0 saturated heterocycles. The minimum absolute atomic E-state index is 0.0177. The molecule has 22 nitrogen and oxygen atoms in total. The highest BCUT2D eigenvalue weighted by Crippen LogP contribution is 2.34. The molecule has 584 valence electrons. The van der Waals surface area contributed by atoms with Gasteiger partial charge in [0.15, 0.2) is 0 Å². The van der Waals surface area contributed by atoms with Crippen molar-refractivity contribution in [2.45, 2.75) is 341 Å². The normalized spacial score (nSPS) is 13.3. The second-order valence-electron chi connectivity index (χ2n) is 28.7. The third-order valence-electron chi connectivity index (χ3n) is 19.4. The van der Waals surface area contributed by atoms with Crippen LogP contribution in [0, 0.1) is 11.8 Å². The number of benzene rings is 1. The molecule has 0 aromatic heterocycles. The number of aliphatic hydroxyl groups excluding tert-OH is 1. The highest BCUT2D eigenvalue weighted by molar-refractivity contribution is 5.97. The molecule has 0 aliphatic carbocycles. The van der Waals surface area contributed by atoms with E-state index in [1.807, 2.05) is 27.7 Å². The number of amides is 6. The van der Waals surface area contributed by atoms with Crippen molar-refractivity contribution in [3.05, 3.63) is 35.4 Å². The summed E-state index contributed by atoms with van der Waals surface area (Å²) in [4.78, 5) is 96.5. The molecule has 22 heteroatoms. The van der Waals surface area contributed by atoms with Crippen LogP contribution in [0.1, 0.15) is 338 Å². The van der Waals surface area contributed by atoms with E-state index in [0.29, 0.717) is 95.6 Å². The number of unbranched alkanes of at least 4 members (excludes halogenated alkanes) is 25. The molecule has 5 atom stereocenters. The third kappa shape index (κ3) is 52.9. The quantitative estimate of drug-likeness (QED) is 0.0271. The summed E-state index contributed by atoms with van der Waals surface area (Å²) in [5.74, 6) is -2.95. The molecule has 0 aliphatic rings. The molecule has 5 unspecified atom stereocenters. The van der Waals surface area contributed by atoms with Crippen molar-refractivity contribution >= 4 is 47.8 Å². The van der Waals surface area contributed by atoms with Crippen LogP contribution in [-0.2, 0) is 38.1 Å². The summed E-state index contributed by atoms with van der Waals surface area (Å²) in [6, 6.07) is 2.16. The van der Waals surface area contributed by atoms with Crippen LogP contribution < -0.4 is 31.9 Å². The van der Waals surface area contributed by atoms with Crippen LogP contribution in [0.5, 0.6) is 0 Å². The second kappa shape index (κ2) is 61.9. The summed E-state index contributed by atoms with van der Waals surface area (Å²) < 4.78 is 23.6. The van der Waals surface area contributed by atoms with Gasteiger partial charge in [-0.3, -0.25) is 19.2 Å². The molecule has 6 amide bonds. The van der Waals surface area contributed by atoms with Crippen molar-refractivity contribution in [1.82, 2.24) is 31.9 Å². The van der Waals surface area contributed by atoms with E-state index in [9.17, 15) is 48.6 Å². The summed E-state index contributed by atoms with van der Waals surface area (Å²) in [6.45, 7) is 16.8. The number of hydrogen-bond acceptors (Lipinski definition) is 13. The fraction of sp³-hybridized carbons (Fsp3) is 0.823. The van der Waals surface area contributed by atoms with Gasteiger partial charge in [-0.2, -0.15) is 0 Å². The van der Waals surface area contributed by atoms with Gasteiger partial charge in [0.05, 0.1) is 31.0 Å². The van der Waals surface area contributed by atoms with E-state index >= 15 is 0 Å². The molecule has 0 fully saturated rings. The number of nitrogens with one attached hydrogen (secondary N) is 6. The van der Waals surface area contributed by atoms with Crippen molar-refractivity contribution < 1.29 is 77.7 Å². The SMILES string of the molecule is CCCCCCC(CCCCCCCCCCCOCCCOC(=O)NCCCCCC(=O)NCCC(C)(C)OCCC(C)(CC)OCCNC(=O)c1ccc(C(=O)NCCCCC(NC(=O)NC(CCC(=O)O)C(=O)O)C(=O)O)cc1)C(CCCC)CCCCCCCCCCCCCO. The van der Waals surface area contributed by atoms with Gasteiger partial charge in [0.25, 0.3) is 11.8 Å². The monoisotopic (exact) mass is 1430 g/mol. The molecule has 0 aliphatic heterocycles. The van der Waals surface area contributed by atoms with E-state index in [0.717, 1.165) is 44.1 Å². The molecule has 0 saturated carbocycles. The summed E-state index contributed by atoms with van der Waals surface area (Å²) in [6.07, 6.45) is 45.0. The molecule has 0 bridgehead atoms. The smallest absolute Gasteiger partial charge is 0.407 e. The van der Waals surface area contributed by atoms with Gasteiger partial charge in [-0.1, -0.05) is 207 Å². The van der Waals surface area contributed by atoms with E-state index in [1.54, 1.807) is 0 Å². The topological polar surface area (TPSA) is 327 Å². The Kier molecular flexibility index (Phi) is 57.2. The van der Waals surface area contributed by atoms with E-state index in [-0.39, 0.29) is 50.8 Å². The molecule has 101 heavy (non-hydrogen) atoms. The molecule has 0 radical (unpaired) electrons. The minimum Gasteiger partial charge on any atom is -0.481 e. The molecule has 0 heterocycles. The van der Waals surface area contributed by atoms with Gasteiger partial charge < -0.3 is 71.3 Å². The lowest BCUT2D eigenvalue weighted by Gasteiger charge is -2.32. The molecule has 1 aromatic rings. The van der Waals surface area contributed by atoms with Crippen LogP contribution in [0.25, 0.3) is 0 Å². The fourth-order valence-electron chi connectivity index (χ4n) is 12.6. The summed E-state index contributed by atoms with van der Waals surface area (Å²) in [5.41, 5.74) is -0.332. The van der Waals surface area contributed by atoms with Crippen LogP contribution in [0.15, 0.2) is 24.3 Å². The van der Waals surface area contributed by atoms with Crippen molar-refractivity contribution in [2.24, 2.45) is 11.8 Å². The molecular formula is C79H142N6O16. The fourth-order valence-corrected chi connectivity index (χ4v) is 12.6. The molecule has 10 N–H and O–H groups in total. The van der Waals surface area contributed by atoms with E-state index < -0.39 is 65.6 Å². The Hall–Kier alpha value is -5.58. The Morgan fingerprint density at radius 3 is 1.40 bits per heavy atom. The molecule has 1 aromatic carbocycles. The lowest BCUT2D eigenvalue weighted by atomic mass is 9.78. The summed E-state index contributed by atoms with van der Waals surface area (Å²) in [7, 11) is 0. The van der Waals surface area contributed by atoms with Crippen molar-refractivity contribution in [1.29, 1.82) is 0 Å². The van der Waals surface area contributed by atoms with E-state index in [4.69, 9.17) is 29.2 Å². The number of carboxylic acid groups (broad SMARTS) is 3. The molecule has 1 rings (SSSR count). The first-order valence-corrected chi connectivity index (χ1v) is 39.7. The van der Waals surface area contributed by atoms with E-state index in [1.165, 1.54) is 204 Å². The predicted octanol–water partition coefficient (Wildman–Crippen LogP) is 15.9. The summed E-state index contributed by atoms with van der Waals surface area (Å²) >= 11 is 0. The maximum atomic E-state index is 12.9. The lowest BCUT2D eigenvalue weighted by Crippen LogP contribution is -2.51. The largest absolute Gasteiger partial charge is 0.481 e. The second-order valence-corrected chi connectivity index (χ2v) is 28.7. The summed E-state index contributed by atoms with van der Waals surface area (Å²) in [5, 5.41) is 52.2. The number of urea groups is 1. The van der Waals surface area contributed by atoms with Gasteiger partial charge in [0.1, 0.15) is 12.1 Å². The number of ether oxygens (including phenoxy) is 4. The van der Waals surface area contributed by atoms with Crippen molar-refractivity contribution in [3.63, 3.8) is 0 Å². The third-order valence-corrected chi connectivity index (χ3v) is 19.4. The number of carboxylic acids is 3. The number of rotatable bonds is 70. The number of hydrogen-bond donors (Lipinski definition) is 10. The first-order chi connectivity index (χ1) is 48.7. The number of aliphatic carboxylic acids is 3. The van der Waals surface area contributed by atoms with Crippen molar-refractivity contribution in [3.8, 4) is 0 Å².